The normalized spacial score (nSPS) is 11.9. The Labute approximate surface area is 137 Å². The lowest BCUT2D eigenvalue weighted by atomic mass is 10.1. The highest BCUT2D eigenvalue weighted by atomic mass is 32.2. The average molecular weight is 345 g/mol. The van der Waals surface area contributed by atoms with Crippen molar-refractivity contribution in [2.24, 2.45) is 5.92 Å². The highest BCUT2D eigenvalue weighted by Crippen LogP contribution is 2.19. The summed E-state index contributed by atoms with van der Waals surface area (Å²) >= 11 is 1.55. The minimum Gasteiger partial charge on any atom is -0.355 e. The summed E-state index contributed by atoms with van der Waals surface area (Å²) in [6.45, 7) is 4.53. The van der Waals surface area contributed by atoms with Crippen LogP contribution in [0.5, 0.6) is 0 Å². The fourth-order valence-electron chi connectivity index (χ4n) is 1.77. The number of hydrogen-bond donors (Lipinski definition) is 1. The molecule has 0 unspecified atom stereocenters. The van der Waals surface area contributed by atoms with Crippen molar-refractivity contribution < 1.29 is 13.2 Å². The second-order valence-corrected chi connectivity index (χ2v) is 8.39. The summed E-state index contributed by atoms with van der Waals surface area (Å²) in [7, 11) is -2.22. The number of sulfonamides is 1. The van der Waals surface area contributed by atoms with Crippen LogP contribution in [0.25, 0.3) is 0 Å². The highest BCUT2D eigenvalue weighted by molar-refractivity contribution is 7.98. The molecule has 0 saturated heterocycles. The molecule has 0 spiro atoms. The number of likely N-dealkylation sites (N-methyl/N-ethyl adjacent to an activating group) is 1. The standard InChI is InChI=1S/C15H24N2O3S2/c1-12(2)9-10-16-15(18)11-17(3)22(19,20)14-7-5-13(21-4)6-8-14/h5-8,12H,9-11H2,1-4H3,(H,16,18). The van der Waals surface area contributed by atoms with E-state index in [0.717, 1.165) is 15.6 Å². The third kappa shape index (κ3) is 5.62. The number of carbonyl (C=O) groups excluding carboxylic acids is 1. The zero-order chi connectivity index (χ0) is 16.8. The molecule has 0 aliphatic rings. The molecular weight excluding hydrogens is 320 g/mol. The molecule has 1 N–H and O–H groups in total. The van der Waals surface area contributed by atoms with Gasteiger partial charge in [-0.25, -0.2) is 8.42 Å². The summed E-state index contributed by atoms with van der Waals surface area (Å²) in [6.07, 6.45) is 2.80. The average Bonchev–Trinajstić information content (AvgIpc) is 2.46. The molecule has 0 bridgehead atoms. The van der Waals surface area contributed by atoms with Crippen LogP contribution in [-0.4, -0.2) is 45.0 Å². The van der Waals surface area contributed by atoms with E-state index in [1.165, 1.54) is 7.05 Å². The van der Waals surface area contributed by atoms with Crippen molar-refractivity contribution in [1.82, 2.24) is 9.62 Å². The first kappa shape index (κ1) is 19.0. The largest absolute Gasteiger partial charge is 0.355 e. The molecule has 0 aromatic heterocycles. The monoisotopic (exact) mass is 344 g/mol. The Morgan fingerprint density at radius 3 is 2.36 bits per heavy atom. The number of nitrogens with one attached hydrogen (secondary N) is 1. The van der Waals surface area contributed by atoms with Gasteiger partial charge in [0.15, 0.2) is 0 Å². The van der Waals surface area contributed by atoms with E-state index in [9.17, 15) is 13.2 Å². The van der Waals surface area contributed by atoms with Crippen molar-refractivity contribution in [3.63, 3.8) is 0 Å². The van der Waals surface area contributed by atoms with Gasteiger partial charge < -0.3 is 5.32 Å². The topological polar surface area (TPSA) is 66.5 Å². The molecule has 22 heavy (non-hydrogen) atoms. The van der Waals surface area contributed by atoms with E-state index in [1.54, 1.807) is 36.0 Å². The number of thioether (sulfide) groups is 1. The van der Waals surface area contributed by atoms with Gasteiger partial charge >= 0.3 is 0 Å². The number of amides is 1. The summed E-state index contributed by atoms with van der Waals surface area (Å²) < 4.78 is 25.9. The molecule has 0 atom stereocenters. The molecule has 1 aromatic rings. The smallest absolute Gasteiger partial charge is 0.243 e. The van der Waals surface area contributed by atoms with Crippen LogP contribution in [0.2, 0.25) is 0 Å². The van der Waals surface area contributed by atoms with Crippen LogP contribution in [-0.2, 0) is 14.8 Å². The molecule has 0 heterocycles. The van der Waals surface area contributed by atoms with Gasteiger partial charge in [0.1, 0.15) is 0 Å². The second-order valence-electron chi connectivity index (χ2n) is 5.47. The predicted molar refractivity (Wildman–Crippen MR) is 90.5 cm³/mol. The first-order chi connectivity index (χ1) is 10.3. The predicted octanol–water partition coefficient (Wildman–Crippen LogP) is 2.19. The van der Waals surface area contributed by atoms with E-state index in [2.05, 4.69) is 19.2 Å². The number of nitrogens with zero attached hydrogens (tertiary/aromatic N) is 1. The minimum atomic E-state index is -3.64. The second kappa shape index (κ2) is 8.55. The van der Waals surface area contributed by atoms with Crippen LogP contribution >= 0.6 is 11.8 Å². The van der Waals surface area contributed by atoms with Crippen molar-refractivity contribution in [2.75, 3.05) is 26.4 Å². The van der Waals surface area contributed by atoms with Gasteiger partial charge in [-0.05, 0) is 42.9 Å². The Morgan fingerprint density at radius 2 is 1.86 bits per heavy atom. The Hall–Kier alpha value is -1.05. The molecule has 0 saturated carbocycles. The van der Waals surface area contributed by atoms with Gasteiger partial charge in [-0.2, -0.15) is 4.31 Å². The zero-order valence-electron chi connectivity index (χ0n) is 13.5. The van der Waals surface area contributed by atoms with Gasteiger partial charge in [0.05, 0.1) is 11.4 Å². The van der Waals surface area contributed by atoms with Gasteiger partial charge in [-0.3, -0.25) is 4.79 Å². The molecular formula is C15H24N2O3S2. The van der Waals surface area contributed by atoms with E-state index in [-0.39, 0.29) is 17.3 Å². The van der Waals surface area contributed by atoms with Crippen LogP contribution in [0.4, 0.5) is 0 Å². The summed E-state index contributed by atoms with van der Waals surface area (Å²) in [4.78, 5) is 13.0. The Morgan fingerprint density at radius 1 is 1.27 bits per heavy atom. The van der Waals surface area contributed by atoms with E-state index in [0.29, 0.717) is 12.5 Å². The molecule has 1 rings (SSSR count). The fourth-order valence-corrected chi connectivity index (χ4v) is 3.31. The minimum absolute atomic E-state index is 0.176. The van der Waals surface area contributed by atoms with E-state index in [1.807, 2.05) is 6.26 Å². The summed E-state index contributed by atoms with van der Waals surface area (Å²) in [6, 6.07) is 6.64. The van der Waals surface area contributed by atoms with Crippen molar-refractivity contribution >= 4 is 27.7 Å². The Bertz CT molecular complexity index is 583. The molecule has 0 aliphatic carbocycles. The first-order valence-corrected chi connectivity index (χ1v) is 9.81. The maximum Gasteiger partial charge on any atom is 0.243 e. The molecule has 124 valence electrons. The van der Waals surface area contributed by atoms with Crippen molar-refractivity contribution in [2.45, 2.75) is 30.1 Å². The van der Waals surface area contributed by atoms with Gasteiger partial charge in [-0.1, -0.05) is 13.8 Å². The number of benzene rings is 1. The highest BCUT2D eigenvalue weighted by Gasteiger charge is 2.22. The zero-order valence-corrected chi connectivity index (χ0v) is 15.1. The fraction of sp³-hybridized carbons (Fsp3) is 0.533. The van der Waals surface area contributed by atoms with E-state index >= 15 is 0 Å². The summed E-state index contributed by atoms with van der Waals surface area (Å²) in [5.74, 6) is 0.212. The van der Waals surface area contributed by atoms with Gasteiger partial charge in [0, 0.05) is 18.5 Å². The molecule has 1 aromatic carbocycles. The van der Waals surface area contributed by atoms with Gasteiger partial charge in [0.25, 0.3) is 0 Å². The van der Waals surface area contributed by atoms with Crippen LogP contribution in [0, 0.1) is 5.92 Å². The van der Waals surface area contributed by atoms with Crippen molar-refractivity contribution in [1.29, 1.82) is 0 Å². The van der Waals surface area contributed by atoms with Crippen LogP contribution < -0.4 is 5.32 Å². The lowest BCUT2D eigenvalue weighted by Crippen LogP contribution is -2.38. The number of rotatable bonds is 8. The van der Waals surface area contributed by atoms with E-state index in [4.69, 9.17) is 0 Å². The van der Waals surface area contributed by atoms with Crippen LogP contribution in [0.1, 0.15) is 20.3 Å². The van der Waals surface area contributed by atoms with Crippen molar-refractivity contribution in [3.8, 4) is 0 Å². The maximum absolute atomic E-state index is 12.4. The first-order valence-electron chi connectivity index (χ1n) is 7.14. The lowest BCUT2D eigenvalue weighted by Gasteiger charge is -2.17. The molecule has 7 heteroatoms. The third-order valence-corrected chi connectivity index (χ3v) is 5.74. The van der Waals surface area contributed by atoms with E-state index < -0.39 is 10.0 Å². The quantitative estimate of drug-likeness (QED) is 0.734. The summed E-state index contributed by atoms with van der Waals surface area (Å²) in [5.41, 5.74) is 0. The number of hydrogen-bond acceptors (Lipinski definition) is 4. The summed E-state index contributed by atoms with van der Waals surface area (Å²) in [5, 5.41) is 2.74. The molecule has 5 nitrogen and oxygen atoms in total. The molecule has 0 radical (unpaired) electrons. The molecule has 0 aliphatic heterocycles. The van der Waals surface area contributed by atoms with Gasteiger partial charge in [-0.15, -0.1) is 11.8 Å². The number of carbonyl (C=O) groups is 1. The molecule has 0 fully saturated rings. The third-order valence-electron chi connectivity index (χ3n) is 3.18. The lowest BCUT2D eigenvalue weighted by molar-refractivity contribution is -0.121. The van der Waals surface area contributed by atoms with Crippen LogP contribution in [0.3, 0.4) is 0 Å². The SMILES string of the molecule is CSc1ccc(S(=O)(=O)N(C)CC(=O)NCCC(C)C)cc1. The van der Waals surface area contributed by atoms with Crippen molar-refractivity contribution in [3.05, 3.63) is 24.3 Å². The Balaban J connectivity index is 2.65. The van der Waals surface area contributed by atoms with Gasteiger partial charge in [0.2, 0.25) is 15.9 Å². The van der Waals surface area contributed by atoms with Crippen LogP contribution in [0.15, 0.2) is 34.1 Å². The Kier molecular flexibility index (Phi) is 7.38. The molecule has 1 amide bonds. The maximum atomic E-state index is 12.4.